The quantitative estimate of drug-likeness (QED) is 0.815. The number of halogens is 2. The molecule has 2 rings (SSSR count). The molecule has 6 heteroatoms. The van der Waals surface area contributed by atoms with Crippen LogP contribution in [0.3, 0.4) is 0 Å². The molecule has 0 bridgehead atoms. The van der Waals surface area contributed by atoms with E-state index in [0.717, 1.165) is 11.1 Å². The molecular weight excluding hydrogens is 343 g/mol. The van der Waals surface area contributed by atoms with Gasteiger partial charge >= 0.3 is 0 Å². The minimum Gasteiger partial charge on any atom is -0.494 e. The molecule has 1 amide bonds. The molecule has 2 aromatic carbocycles. The fourth-order valence-corrected chi connectivity index (χ4v) is 2.50. The monoisotopic (exact) mass is 364 g/mol. The third-order valence-corrected chi connectivity index (χ3v) is 4.32. The summed E-state index contributed by atoms with van der Waals surface area (Å²) in [7, 11) is 3.26. The maximum absolute atomic E-state index is 13.8. The summed E-state index contributed by atoms with van der Waals surface area (Å²) in [6, 6.07) is 11.8. The SMILES string of the molecule is COc1ccc(CN(C)C(C)C(=O)NCc2ccc(Cl)cc2)cc1F. The third kappa shape index (κ3) is 5.44. The van der Waals surface area contributed by atoms with E-state index in [9.17, 15) is 9.18 Å². The van der Waals surface area contributed by atoms with Gasteiger partial charge in [-0.15, -0.1) is 0 Å². The fraction of sp³-hybridized carbons (Fsp3) is 0.316. The molecule has 2 aromatic rings. The van der Waals surface area contributed by atoms with Gasteiger partial charge in [-0.05, 0) is 49.4 Å². The molecule has 0 aliphatic rings. The Bertz CT molecular complexity index is 722. The predicted molar refractivity (Wildman–Crippen MR) is 97.2 cm³/mol. The van der Waals surface area contributed by atoms with Gasteiger partial charge in [0.2, 0.25) is 5.91 Å². The summed E-state index contributed by atoms with van der Waals surface area (Å²) in [6.45, 7) is 2.71. The number of nitrogens with one attached hydrogen (secondary N) is 1. The number of carbonyl (C=O) groups excluding carboxylic acids is 1. The lowest BCUT2D eigenvalue weighted by Crippen LogP contribution is -2.42. The van der Waals surface area contributed by atoms with E-state index >= 15 is 0 Å². The van der Waals surface area contributed by atoms with Crippen LogP contribution in [0.4, 0.5) is 4.39 Å². The highest BCUT2D eigenvalue weighted by Gasteiger charge is 2.18. The lowest BCUT2D eigenvalue weighted by Gasteiger charge is -2.24. The van der Waals surface area contributed by atoms with Crippen molar-refractivity contribution in [3.05, 3.63) is 64.4 Å². The van der Waals surface area contributed by atoms with Crippen molar-refractivity contribution in [3.8, 4) is 5.75 Å². The second kappa shape index (κ2) is 8.83. The molecule has 0 heterocycles. The first kappa shape index (κ1) is 19.2. The highest BCUT2D eigenvalue weighted by Crippen LogP contribution is 2.19. The van der Waals surface area contributed by atoms with Crippen LogP contribution in [-0.2, 0) is 17.9 Å². The van der Waals surface area contributed by atoms with Crippen molar-refractivity contribution in [1.82, 2.24) is 10.2 Å². The molecule has 0 aliphatic heterocycles. The number of benzene rings is 2. The van der Waals surface area contributed by atoms with Gasteiger partial charge in [0.05, 0.1) is 13.2 Å². The highest BCUT2D eigenvalue weighted by atomic mass is 35.5. The van der Waals surface area contributed by atoms with Crippen LogP contribution in [0.25, 0.3) is 0 Å². The van der Waals surface area contributed by atoms with Gasteiger partial charge in [0.1, 0.15) is 0 Å². The average molecular weight is 365 g/mol. The molecule has 0 saturated heterocycles. The minimum absolute atomic E-state index is 0.0913. The van der Waals surface area contributed by atoms with Crippen LogP contribution in [0, 0.1) is 5.82 Å². The van der Waals surface area contributed by atoms with E-state index in [4.69, 9.17) is 16.3 Å². The average Bonchev–Trinajstić information content (AvgIpc) is 2.60. The zero-order valence-corrected chi connectivity index (χ0v) is 15.3. The molecule has 0 aromatic heterocycles. The molecule has 25 heavy (non-hydrogen) atoms. The minimum atomic E-state index is -0.409. The van der Waals surface area contributed by atoms with Crippen molar-refractivity contribution in [3.63, 3.8) is 0 Å². The van der Waals surface area contributed by atoms with Crippen LogP contribution in [0.1, 0.15) is 18.1 Å². The van der Waals surface area contributed by atoms with Crippen LogP contribution < -0.4 is 10.1 Å². The number of hydrogen-bond donors (Lipinski definition) is 1. The summed E-state index contributed by atoms with van der Waals surface area (Å²) in [5.74, 6) is -0.292. The molecule has 0 spiro atoms. The molecule has 4 nitrogen and oxygen atoms in total. The van der Waals surface area contributed by atoms with Crippen molar-refractivity contribution in [2.45, 2.75) is 26.1 Å². The van der Waals surface area contributed by atoms with E-state index in [2.05, 4.69) is 5.32 Å². The number of methoxy groups -OCH3 is 1. The van der Waals surface area contributed by atoms with Crippen molar-refractivity contribution in [1.29, 1.82) is 0 Å². The summed E-state index contributed by atoms with van der Waals surface area (Å²) < 4.78 is 18.7. The van der Waals surface area contributed by atoms with E-state index in [1.807, 2.05) is 31.0 Å². The smallest absolute Gasteiger partial charge is 0.237 e. The zero-order chi connectivity index (χ0) is 18.4. The number of rotatable bonds is 7. The molecule has 0 saturated carbocycles. The summed E-state index contributed by atoms with van der Waals surface area (Å²) >= 11 is 5.84. The first-order valence-electron chi connectivity index (χ1n) is 7.95. The molecule has 134 valence electrons. The Hall–Kier alpha value is -2.11. The van der Waals surface area contributed by atoms with Crippen LogP contribution in [0.2, 0.25) is 5.02 Å². The van der Waals surface area contributed by atoms with Crippen molar-refractivity contribution < 1.29 is 13.9 Å². The Balaban J connectivity index is 1.89. The zero-order valence-electron chi connectivity index (χ0n) is 14.6. The Morgan fingerprint density at radius 2 is 1.88 bits per heavy atom. The van der Waals surface area contributed by atoms with E-state index in [1.165, 1.54) is 13.2 Å². The Labute approximate surface area is 152 Å². The number of likely N-dealkylation sites (N-methyl/N-ethyl adjacent to an activating group) is 1. The first-order chi connectivity index (χ1) is 11.9. The summed E-state index contributed by atoms with van der Waals surface area (Å²) in [5, 5.41) is 3.56. The Morgan fingerprint density at radius 1 is 1.24 bits per heavy atom. The topological polar surface area (TPSA) is 41.6 Å². The van der Waals surface area contributed by atoms with E-state index in [0.29, 0.717) is 18.1 Å². The van der Waals surface area contributed by atoms with Gasteiger partial charge in [-0.2, -0.15) is 0 Å². The molecule has 1 atom stereocenters. The lowest BCUT2D eigenvalue weighted by atomic mass is 10.1. The number of ether oxygens (including phenoxy) is 1. The van der Waals surface area contributed by atoms with Crippen LogP contribution in [-0.4, -0.2) is 31.0 Å². The molecule has 0 aliphatic carbocycles. The maximum Gasteiger partial charge on any atom is 0.237 e. The van der Waals surface area contributed by atoms with E-state index in [1.54, 1.807) is 24.3 Å². The standard InChI is InChI=1S/C19H22ClFN2O2/c1-13(19(24)22-11-14-4-7-16(20)8-5-14)23(2)12-15-6-9-18(25-3)17(21)10-15/h4-10,13H,11-12H2,1-3H3,(H,22,24). The third-order valence-electron chi connectivity index (χ3n) is 4.07. The number of nitrogens with zero attached hydrogens (tertiary/aromatic N) is 1. The largest absolute Gasteiger partial charge is 0.494 e. The van der Waals surface area contributed by atoms with Gasteiger partial charge in [-0.3, -0.25) is 9.69 Å². The normalized spacial score (nSPS) is 12.1. The van der Waals surface area contributed by atoms with Crippen molar-refractivity contribution in [2.75, 3.05) is 14.2 Å². The first-order valence-corrected chi connectivity index (χ1v) is 8.33. The second-order valence-electron chi connectivity index (χ2n) is 5.90. The molecule has 1 N–H and O–H groups in total. The van der Waals surface area contributed by atoms with Gasteiger partial charge in [-0.1, -0.05) is 29.8 Å². The molecule has 0 radical (unpaired) electrons. The van der Waals surface area contributed by atoms with Gasteiger partial charge in [0.15, 0.2) is 11.6 Å². The summed E-state index contributed by atoms with van der Waals surface area (Å²) in [6.07, 6.45) is 0. The van der Waals surface area contributed by atoms with Crippen LogP contribution in [0.5, 0.6) is 5.75 Å². The molecule has 1 unspecified atom stereocenters. The maximum atomic E-state index is 13.8. The van der Waals surface area contributed by atoms with E-state index < -0.39 is 5.82 Å². The van der Waals surface area contributed by atoms with Gasteiger partial charge in [0.25, 0.3) is 0 Å². The lowest BCUT2D eigenvalue weighted by molar-refractivity contribution is -0.125. The number of carbonyl (C=O) groups is 1. The van der Waals surface area contributed by atoms with Crippen LogP contribution >= 0.6 is 11.6 Å². The van der Waals surface area contributed by atoms with Gasteiger partial charge in [0, 0.05) is 18.1 Å². The number of amides is 1. The Kier molecular flexibility index (Phi) is 6.79. The predicted octanol–water partition coefficient (Wildman–Crippen LogP) is 3.62. The fourth-order valence-electron chi connectivity index (χ4n) is 2.37. The number of hydrogen-bond acceptors (Lipinski definition) is 3. The molecular formula is C19H22ClFN2O2. The summed E-state index contributed by atoms with van der Waals surface area (Å²) in [4.78, 5) is 14.2. The van der Waals surface area contributed by atoms with Crippen molar-refractivity contribution in [2.24, 2.45) is 0 Å². The second-order valence-corrected chi connectivity index (χ2v) is 6.34. The van der Waals surface area contributed by atoms with E-state index in [-0.39, 0.29) is 17.7 Å². The van der Waals surface area contributed by atoms with Crippen molar-refractivity contribution >= 4 is 17.5 Å². The molecule has 0 fully saturated rings. The summed E-state index contributed by atoms with van der Waals surface area (Å²) in [5.41, 5.74) is 1.75. The van der Waals surface area contributed by atoms with Crippen LogP contribution in [0.15, 0.2) is 42.5 Å². The van der Waals surface area contributed by atoms with Gasteiger partial charge < -0.3 is 10.1 Å². The highest BCUT2D eigenvalue weighted by molar-refractivity contribution is 6.30. The Morgan fingerprint density at radius 3 is 2.48 bits per heavy atom. The van der Waals surface area contributed by atoms with Gasteiger partial charge in [-0.25, -0.2) is 4.39 Å².